The molecule has 6 N–H and O–H groups in total. The molecule has 4 aliphatic rings. The predicted octanol–water partition coefficient (Wildman–Crippen LogP) is -1.23. The SMILES string of the molecule is C/C(=C\CO)CC/C=C(\C)C(=O)O[C@@H]1[C@@H]2O[C@]2(C)[C@H]2[C@H](O[C@@H]3O[C@H](CO)[C@@H](O)[C@H](O)[C@H]3O)OC=C[C@@]12O. The first-order valence-electron chi connectivity index (χ1n) is 12.3. The molecule has 0 aromatic heterocycles. The average Bonchev–Trinajstić information content (AvgIpc) is 3.48. The molecule has 208 valence electrons. The van der Waals surface area contributed by atoms with Gasteiger partial charge >= 0.3 is 5.97 Å². The van der Waals surface area contributed by atoms with Gasteiger partial charge in [-0.15, -0.1) is 0 Å². The van der Waals surface area contributed by atoms with Crippen LogP contribution in [0.1, 0.15) is 33.6 Å². The van der Waals surface area contributed by atoms with Crippen molar-refractivity contribution in [3.05, 3.63) is 35.6 Å². The van der Waals surface area contributed by atoms with E-state index in [1.54, 1.807) is 26.0 Å². The van der Waals surface area contributed by atoms with Crippen molar-refractivity contribution in [3.8, 4) is 0 Å². The maximum Gasteiger partial charge on any atom is 0.333 e. The number of allylic oxidation sites excluding steroid dienone is 2. The van der Waals surface area contributed by atoms with Crippen molar-refractivity contribution in [3.63, 3.8) is 0 Å². The van der Waals surface area contributed by atoms with Gasteiger partial charge in [-0.05, 0) is 39.7 Å². The van der Waals surface area contributed by atoms with Gasteiger partial charge in [-0.2, -0.15) is 0 Å². The van der Waals surface area contributed by atoms with Gasteiger partial charge in [0.15, 0.2) is 12.4 Å². The summed E-state index contributed by atoms with van der Waals surface area (Å²) in [5.74, 6) is -1.53. The summed E-state index contributed by atoms with van der Waals surface area (Å²) in [5.41, 5.74) is -1.37. The fourth-order valence-electron chi connectivity index (χ4n) is 5.37. The number of carbonyl (C=O) groups is 1. The van der Waals surface area contributed by atoms with Crippen molar-refractivity contribution < 1.29 is 59.1 Å². The Labute approximate surface area is 214 Å². The molecule has 12 heteroatoms. The van der Waals surface area contributed by atoms with Crippen LogP contribution in [0.4, 0.5) is 0 Å². The van der Waals surface area contributed by atoms with Crippen LogP contribution in [0.2, 0.25) is 0 Å². The van der Waals surface area contributed by atoms with Gasteiger partial charge < -0.3 is 54.3 Å². The van der Waals surface area contributed by atoms with E-state index in [0.29, 0.717) is 18.4 Å². The Bertz CT molecular complexity index is 946. The molecule has 0 bridgehead atoms. The molecule has 1 saturated carbocycles. The van der Waals surface area contributed by atoms with Gasteiger partial charge in [0.2, 0.25) is 6.29 Å². The minimum atomic E-state index is -1.73. The molecule has 12 nitrogen and oxygen atoms in total. The Morgan fingerprint density at radius 2 is 1.81 bits per heavy atom. The topological polar surface area (TPSA) is 188 Å². The van der Waals surface area contributed by atoms with Crippen LogP contribution in [0.3, 0.4) is 0 Å². The second-order valence-electron chi connectivity index (χ2n) is 10.2. The fraction of sp³-hybridized carbons (Fsp3) is 0.720. The first-order valence-corrected chi connectivity index (χ1v) is 12.3. The lowest BCUT2D eigenvalue weighted by Crippen LogP contribution is -2.62. The zero-order chi connectivity index (χ0) is 27.1. The van der Waals surface area contributed by atoms with Crippen molar-refractivity contribution in [2.75, 3.05) is 13.2 Å². The van der Waals surface area contributed by atoms with Crippen LogP contribution in [0.25, 0.3) is 0 Å². The monoisotopic (exact) mass is 528 g/mol. The van der Waals surface area contributed by atoms with E-state index in [-0.39, 0.29) is 6.61 Å². The van der Waals surface area contributed by atoms with Crippen molar-refractivity contribution in [2.45, 2.75) is 94.0 Å². The Kier molecular flexibility index (Phi) is 8.15. The molecule has 3 aliphatic heterocycles. The number of hydrogen-bond donors (Lipinski definition) is 6. The van der Waals surface area contributed by atoms with Gasteiger partial charge in [-0.1, -0.05) is 17.7 Å². The van der Waals surface area contributed by atoms with Crippen LogP contribution in [0.15, 0.2) is 35.6 Å². The summed E-state index contributed by atoms with van der Waals surface area (Å²) < 4.78 is 28.3. The summed E-state index contributed by atoms with van der Waals surface area (Å²) >= 11 is 0. The number of aliphatic hydroxyl groups is 6. The molecule has 1 aliphatic carbocycles. The smallest absolute Gasteiger partial charge is 0.333 e. The second-order valence-corrected chi connectivity index (χ2v) is 10.2. The minimum absolute atomic E-state index is 0.0452. The summed E-state index contributed by atoms with van der Waals surface area (Å²) in [7, 11) is 0. The maximum absolute atomic E-state index is 12.8. The highest BCUT2D eigenvalue weighted by Gasteiger charge is 2.80. The number of fused-ring (bicyclic) bond motifs is 3. The first-order chi connectivity index (χ1) is 17.5. The van der Waals surface area contributed by atoms with Crippen LogP contribution in [0, 0.1) is 5.92 Å². The average molecular weight is 529 g/mol. The molecule has 0 spiro atoms. The van der Waals surface area contributed by atoms with Crippen LogP contribution < -0.4 is 0 Å². The van der Waals surface area contributed by atoms with Crippen molar-refractivity contribution in [1.29, 1.82) is 0 Å². The third-order valence-corrected chi connectivity index (χ3v) is 7.66. The Morgan fingerprint density at radius 1 is 1.08 bits per heavy atom. The van der Waals surface area contributed by atoms with Gasteiger partial charge in [0.25, 0.3) is 0 Å². The molecular formula is C25H36O12. The molecule has 0 radical (unpaired) electrons. The van der Waals surface area contributed by atoms with Crippen molar-refractivity contribution in [1.82, 2.24) is 0 Å². The van der Waals surface area contributed by atoms with E-state index in [2.05, 4.69) is 0 Å². The number of esters is 1. The molecule has 37 heavy (non-hydrogen) atoms. The standard InChI is InChI=1S/C25H36O12/c1-12(7-9-26)5-4-6-13(2)21(31)35-20-19-24(3,37-19)18-23(33-10-8-25(18,20)32)36-22-17(30)16(29)15(28)14(11-27)34-22/h6-8,10,14-20,22-23,26-30,32H,4-5,9,11H2,1-3H3/b12-7+,13-6+/t14-,15-,16+,17-,18-,19+,20-,22+,23+,24-,25+/m1/s1. The number of aliphatic hydroxyl groups excluding tert-OH is 5. The normalized spacial score (nSPS) is 45.2. The molecule has 0 aromatic carbocycles. The molecule has 0 amide bonds. The lowest BCUT2D eigenvalue weighted by Gasteiger charge is -2.45. The van der Waals surface area contributed by atoms with Crippen molar-refractivity contribution >= 4 is 5.97 Å². The zero-order valence-electron chi connectivity index (χ0n) is 21.0. The molecule has 11 atom stereocenters. The van der Waals surface area contributed by atoms with Gasteiger partial charge in [0.05, 0.1) is 25.4 Å². The predicted molar refractivity (Wildman–Crippen MR) is 124 cm³/mol. The molecular weight excluding hydrogens is 492 g/mol. The Hall–Kier alpha value is -1.87. The lowest BCUT2D eigenvalue weighted by atomic mass is 9.82. The number of carbonyl (C=O) groups excluding carboxylic acids is 1. The summed E-state index contributed by atoms with van der Waals surface area (Å²) in [4.78, 5) is 12.8. The van der Waals surface area contributed by atoms with E-state index in [4.69, 9.17) is 28.8 Å². The van der Waals surface area contributed by atoms with Gasteiger partial charge in [0, 0.05) is 5.57 Å². The maximum atomic E-state index is 12.8. The molecule has 0 aromatic rings. The number of rotatable bonds is 9. The summed E-state index contributed by atoms with van der Waals surface area (Å²) in [6.07, 6.45) is -3.29. The molecule has 2 saturated heterocycles. The first kappa shape index (κ1) is 28.1. The Morgan fingerprint density at radius 3 is 2.49 bits per heavy atom. The van der Waals surface area contributed by atoms with E-state index < -0.39 is 78.9 Å². The third-order valence-electron chi connectivity index (χ3n) is 7.66. The third kappa shape index (κ3) is 5.10. The quantitative estimate of drug-likeness (QED) is 0.0906. The van der Waals surface area contributed by atoms with E-state index >= 15 is 0 Å². The van der Waals surface area contributed by atoms with E-state index in [0.717, 1.165) is 5.57 Å². The highest BCUT2D eigenvalue weighted by Crippen LogP contribution is 2.62. The van der Waals surface area contributed by atoms with E-state index in [9.17, 15) is 30.3 Å². The number of ether oxygens (including phenoxy) is 5. The summed E-state index contributed by atoms with van der Waals surface area (Å²) in [6.45, 7) is 4.54. The van der Waals surface area contributed by atoms with Crippen LogP contribution in [-0.4, -0.2) is 110 Å². The summed E-state index contributed by atoms with van der Waals surface area (Å²) in [5, 5.41) is 60.5. The number of hydrogen-bond acceptors (Lipinski definition) is 12. The number of epoxide rings is 1. The van der Waals surface area contributed by atoms with Crippen molar-refractivity contribution in [2.24, 2.45) is 5.92 Å². The van der Waals surface area contributed by atoms with E-state index in [1.165, 1.54) is 12.3 Å². The minimum Gasteiger partial charge on any atom is -0.472 e. The summed E-state index contributed by atoms with van der Waals surface area (Å²) in [6, 6.07) is 0. The van der Waals surface area contributed by atoms with Crippen LogP contribution in [0.5, 0.6) is 0 Å². The molecule has 0 unspecified atom stereocenters. The highest BCUT2D eigenvalue weighted by molar-refractivity contribution is 5.88. The van der Waals surface area contributed by atoms with E-state index in [1.807, 2.05) is 6.92 Å². The molecule has 3 fully saturated rings. The fourth-order valence-corrected chi connectivity index (χ4v) is 5.37. The van der Waals surface area contributed by atoms with Crippen LogP contribution in [-0.2, 0) is 28.5 Å². The lowest BCUT2D eigenvalue weighted by molar-refractivity contribution is -0.349. The largest absolute Gasteiger partial charge is 0.472 e. The Balaban J connectivity index is 1.47. The van der Waals surface area contributed by atoms with Gasteiger partial charge in [-0.3, -0.25) is 0 Å². The molecule has 4 rings (SSSR count). The van der Waals surface area contributed by atoms with Crippen LogP contribution >= 0.6 is 0 Å². The highest BCUT2D eigenvalue weighted by atomic mass is 16.8. The molecule has 3 heterocycles. The zero-order valence-corrected chi connectivity index (χ0v) is 21.0. The second kappa shape index (κ2) is 10.7. The van der Waals surface area contributed by atoms with Gasteiger partial charge in [-0.25, -0.2) is 4.79 Å². The van der Waals surface area contributed by atoms with Gasteiger partial charge in [0.1, 0.15) is 41.7 Å².